The summed E-state index contributed by atoms with van der Waals surface area (Å²) in [6, 6.07) is 11.3. The van der Waals surface area contributed by atoms with Crippen molar-refractivity contribution in [1.82, 2.24) is 4.31 Å². The molecular formula is C21H25ClN2O4S. The molecule has 29 heavy (non-hydrogen) atoms. The molecule has 1 saturated heterocycles. The highest BCUT2D eigenvalue weighted by molar-refractivity contribution is 7.89. The Hall–Kier alpha value is -2.09. The number of nitrogens with one attached hydrogen (secondary N) is 1. The summed E-state index contributed by atoms with van der Waals surface area (Å²) in [4.78, 5) is 12.8. The van der Waals surface area contributed by atoms with E-state index >= 15 is 0 Å². The Kier molecular flexibility index (Phi) is 6.82. The van der Waals surface area contributed by atoms with Crippen LogP contribution in [0.4, 0.5) is 5.69 Å². The summed E-state index contributed by atoms with van der Waals surface area (Å²) in [5.74, 6) is 0.873. The van der Waals surface area contributed by atoms with Crippen LogP contribution >= 0.6 is 11.6 Å². The van der Waals surface area contributed by atoms with Crippen molar-refractivity contribution in [2.75, 3.05) is 32.1 Å². The largest absolute Gasteiger partial charge is 0.495 e. The molecule has 0 amide bonds. The zero-order valence-corrected chi connectivity index (χ0v) is 18.1. The number of carbonyl (C=O) groups is 1. The lowest BCUT2D eigenvalue weighted by Crippen LogP contribution is -2.37. The number of piperidine rings is 1. The molecular weight excluding hydrogens is 412 g/mol. The molecule has 8 heteroatoms. The first kappa shape index (κ1) is 21.6. The van der Waals surface area contributed by atoms with Gasteiger partial charge >= 0.3 is 0 Å². The molecule has 0 aromatic heterocycles. The second-order valence-corrected chi connectivity index (χ2v) is 9.61. The first-order chi connectivity index (χ1) is 13.8. The Balaban J connectivity index is 1.74. The number of Topliss-reactive ketones (excluding diaryl/α,β-unsaturated/α-hetero) is 1. The first-order valence-electron chi connectivity index (χ1n) is 9.52. The summed E-state index contributed by atoms with van der Waals surface area (Å²) in [7, 11) is -2.07. The van der Waals surface area contributed by atoms with E-state index in [1.54, 1.807) is 30.3 Å². The van der Waals surface area contributed by atoms with Crippen LogP contribution in [0.2, 0.25) is 5.02 Å². The van der Waals surface area contributed by atoms with Crippen LogP contribution in [0.5, 0.6) is 5.75 Å². The Morgan fingerprint density at radius 2 is 1.93 bits per heavy atom. The maximum absolute atomic E-state index is 12.9. The molecule has 1 fully saturated rings. The van der Waals surface area contributed by atoms with E-state index in [0.717, 1.165) is 12.8 Å². The average Bonchev–Trinajstić information content (AvgIpc) is 2.72. The van der Waals surface area contributed by atoms with E-state index in [9.17, 15) is 13.2 Å². The molecule has 0 bridgehead atoms. The molecule has 156 valence electrons. The molecule has 1 aliphatic heterocycles. The van der Waals surface area contributed by atoms with Gasteiger partial charge < -0.3 is 10.1 Å². The van der Waals surface area contributed by atoms with E-state index in [0.29, 0.717) is 41.0 Å². The Bertz CT molecular complexity index is 986. The van der Waals surface area contributed by atoms with Crippen LogP contribution in [-0.4, -0.2) is 45.3 Å². The number of rotatable bonds is 7. The predicted octanol–water partition coefficient (Wildman–Crippen LogP) is 4.06. The first-order valence-corrected chi connectivity index (χ1v) is 11.3. The molecule has 2 aromatic rings. The lowest BCUT2D eigenvalue weighted by Gasteiger charge is -2.29. The topological polar surface area (TPSA) is 75.7 Å². The molecule has 6 nitrogen and oxygen atoms in total. The van der Waals surface area contributed by atoms with Gasteiger partial charge in [0.05, 0.1) is 24.2 Å². The van der Waals surface area contributed by atoms with Gasteiger partial charge in [-0.1, -0.05) is 30.7 Å². The average molecular weight is 437 g/mol. The van der Waals surface area contributed by atoms with Crippen molar-refractivity contribution in [2.45, 2.75) is 24.7 Å². The molecule has 0 radical (unpaired) electrons. The van der Waals surface area contributed by atoms with Crippen molar-refractivity contribution in [3.63, 3.8) is 0 Å². The summed E-state index contributed by atoms with van der Waals surface area (Å²) in [5, 5.41) is 3.53. The minimum atomic E-state index is -3.60. The summed E-state index contributed by atoms with van der Waals surface area (Å²) in [6.45, 7) is 3.14. The lowest BCUT2D eigenvalue weighted by molar-refractivity contribution is 0.101. The van der Waals surface area contributed by atoms with E-state index in [-0.39, 0.29) is 17.2 Å². The highest BCUT2D eigenvalue weighted by Crippen LogP contribution is 2.28. The molecule has 0 spiro atoms. The standard InChI is InChI=1S/C21H25ClN2O4S/c1-15-8-10-24(11-9-15)29(26,27)18-5-3-4-16(12-18)20(25)14-23-19-13-17(22)6-7-21(19)28-2/h3-7,12-13,15,23H,8-11,14H2,1-2H3. The zero-order chi connectivity index (χ0) is 21.0. The number of anilines is 1. The van der Waals surface area contributed by atoms with Crippen molar-refractivity contribution in [2.24, 2.45) is 5.92 Å². The fourth-order valence-corrected chi connectivity index (χ4v) is 4.99. The Labute approximate surface area is 176 Å². The van der Waals surface area contributed by atoms with Gasteiger partial charge in [0.2, 0.25) is 10.0 Å². The summed E-state index contributed by atoms with van der Waals surface area (Å²) >= 11 is 6.01. The van der Waals surface area contributed by atoms with Gasteiger partial charge in [0, 0.05) is 23.7 Å². The molecule has 0 atom stereocenters. The SMILES string of the molecule is COc1ccc(Cl)cc1NCC(=O)c1cccc(S(=O)(=O)N2CCC(C)CC2)c1. The molecule has 0 unspecified atom stereocenters. The summed E-state index contributed by atoms with van der Waals surface area (Å²) in [6.07, 6.45) is 1.70. The van der Waals surface area contributed by atoms with Gasteiger partial charge in [-0.3, -0.25) is 4.79 Å². The second-order valence-electron chi connectivity index (χ2n) is 7.24. The summed E-state index contributed by atoms with van der Waals surface area (Å²) in [5.41, 5.74) is 0.935. The van der Waals surface area contributed by atoms with Crippen LogP contribution in [-0.2, 0) is 10.0 Å². The van der Waals surface area contributed by atoms with Crippen LogP contribution in [0.1, 0.15) is 30.1 Å². The van der Waals surface area contributed by atoms with Crippen LogP contribution in [0.3, 0.4) is 0 Å². The number of nitrogens with zero attached hydrogens (tertiary/aromatic N) is 1. The molecule has 0 aliphatic carbocycles. The van der Waals surface area contributed by atoms with Gasteiger partial charge in [0.1, 0.15) is 5.75 Å². The second kappa shape index (κ2) is 9.15. The van der Waals surface area contributed by atoms with Gasteiger partial charge in [-0.05, 0) is 49.1 Å². The van der Waals surface area contributed by atoms with Crippen LogP contribution in [0, 0.1) is 5.92 Å². The maximum atomic E-state index is 12.9. The number of methoxy groups -OCH3 is 1. The fraction of sp³-hybridized carbons (Fsp3) is 0.381. The van der Waals surface area contributed by atoms with Crippen LogP contribution < -0.4 is 10.1 Å². The van der Waals surface area contributed by atoms with Crippen molar-refractivity contribution in [1.29, 1.82) is 0 Å². The molecule has 1 aliphatic rings. The van der Waals surface area contributed by atoms with Gasteiger partial charge in [-0.2, -0.15) is 4.31 Å². The molecule has 1 heterocycles. The van der Waals surface area contributed by atoms with Crippen molar-refractivity contribution in [3.05, 3.63) is 53.1 Å². The monoisotopic (exact) mass is 436 g/mol. The van der Waals surface area contributed by atoms with Crippen molar-refractivity contribution in [3.8, 4) is 5.75 Å². The van der Waals surface area contributed by atoms with E-state index in [1.165, 1.54) is 23.5 Å². The van der Waals surface area contributed by atoms with Crippen molar-refractivity contribution >= 4 is 33.1 Å². The predicted molar refractivity (Wildman–Crippen MR) is 114 cm³/mol. The van der Waals surface area contributed by atoms with Crippen LogP contribution in [0.15, 0.2) is 47.4 Å². The Morgan fingerprint density at radius 1 is 1.21 bits per heavy atom. The van der Waals surface area contributed by atoms with E-state index < -0.39 is 10.0 Å². The van der Waals surface area contributed by atoms with Crippen molar-refractivity contribution < 1.29 is 17.9 Å². The van der Waals surface area contributed by atoms with Gasteiger partial charge in [0.15, 0.2) is 5.78 Å². The number of sulfonamides is 1. The summed E-state index contributed by atoms with van der Waals surface area (Å²) < 4.78 is 32.6. The number of hydrogen-bond acceptors (Lipinski definition) is 5. The molecule has 3 rings (SSSR count). The van der Waals surface area contributed by atoms with E-state index in [4.69, 9.17) is 16.3 Å². The van der Waals surface area contributed by atoms with E-state index in [1.807, 2.05) is 0 Å². The Morgan fingerprint density at radius 3 is 2.62 bits per heavy atom. The minimum Gasteiger partial charge on any atom is -0.495 e. The smallest absolute Gasteiger partial charge is 0.243 e. The van der Waals surface area contributed by atoms with Gasteiger partial charge in [0.25, 0.3) is 0 Å². The number of carbonyl (C=O) groups excluding carboxylic acids is 1. The minimum absolute atomic E-state index is 0.0125. The third-order valence-corrected chi connectivity index (χ3v) is 7.27. The number of hydrogen-bond donors (Lipinski definition) is 1. The number of ether oxygens (including phenoxy) is 1. The fourth-order valence-electron chi connectivity index (χ4n) is 3.30. The number of benzene rings is 2. The zero-order valence-electron chi connectivity index (χ0n) is 16.5. The van der Waals surface area contributed by atoms with Gasteiger partial charge in [-0.15, -0.1) is 0 Å². The lowest BCUT2D eigenvalue weighted by atomic mass is 10.0. The highest BCUT2D eigenvalue weighted by Gasteiger charge is 2.28. The maximum Gasteiger partial charge on any atom is 0.243 e. The normalized spacial score (nSPS) is 15.8. The highest BCUT2D eigenvalue weighted by atomic mass is 35.5. The van der Waals surface area contributed by atoms with E-state index in [2.05, 4.69) is 12.2 Å². The molecule has 0 saturated carbocycles. The third kappa shape index (κ3) is 5.10. The van der Waals surface area contributed by atoms with Crippen LogP contribution in [0.25, 0.3) is 0 Å². The number of halogens is 1. The molecule has 2 aromatic carbocycles. The quantitative estimate of drug-likeness (QED) is 0.662. The third-order valence-electron chi connectivity index (χ3n) is 5.14. The number of ketones is 1. The molecule has 1 N–H and O–H groups in total. The van der Waals surface area contributed by atoms with Gasteiger partial charge in [-0.25, -0.2) is 8.42 Å².